The first-order valence-electron chi connectivity index (χ1n) is 7.69. The van der Waals surface area contributed by atoms with E-state index in [1.807, 2.05) is 0 Å². The molecule has 2 aromatic heterocycles. The number of alkyl halides is 3. The number of anilines is 1. The molecule has 0 saturated carbocycles. The zero-order valence-electron chi connectivity index (χ0n) is 14.3. The van der Waals surface area contributed by atoms with E-state index in [9.17, 15) is 18.0 Å². The second kappa shape index (κ2) is 7.06. The second-order valence-corrected chi connectivity index (χ2v) is 5.45. The average Bonchev–Trinajstić information content (AvgIpc) is 3.13. The molecular weight excluding hydrogens is 363 g/mol. The largest absolute Gasteiger partial charge is 0.480 e. The van der Waals surface area contributed by atoms with Gasteiger partial charge in [-0.05, 0) is 18.2 Å². The smallest absolute Gasteiger partial charge is 0.434 e. The second-order valence-electron chi connectivity index (χ2n) is 5.45. The lowest BCUT2D eigenvalue weighted by molar-refractivity contribution is -0.143. The van der Waals surface area contributed by atoms with E-state index >= 15 is 0 Å². The van der Waals surface area contributed by atoms with Crippen LogP contribution in [0.2, 0.25) is 0 Å². The summed E-state index contributed by atoms with van der Waals surface area (Å²) in [6, 6.07) is 10.9. The van der Waals surface area contributed by atoms with Crippen LogP contribution < -0.4 is 9.64 Å². The van der Waals surface area contributed by atoms with Crippen LogP contribution in [0, 0.1) is 0 Å². The van der Waals surface area contributed by atoms with E-state index in [-0.39, 0.29) is 11.7 Å². The highest BCUT2D eigenvalue weighted by molar-refractivity contribution is 6.06. The highest BCUT2D eigenvalue weighted by Gasteiger charge is 2.41. The number of aromatic nitrogens is 4. The SMILES string of the molecule is COc1ccc(-n2ncc(C(=O)N(C)c3ccccc3)c2C(F)(F)F)nn1. The zero-order valence-corrected chi connectivity index (χ0v) is 14.3. The molecule has 7 nitrogen and oxygen atoms in total. The Hall–Kier alpha value is -3.43. The number of hydrogen-bond donors (Lipinski definition) is 0. The molecule has 1 amide bonds. The van der Waals surface area contributed by atoms with Crippen molar-refractivity contribution >= 4 is 11.6 Å². The number of hydrogen-bond acceptors (Lipinski definition) is 5. The van der Waals surface area contributed by atoms with Gasteiger partial charge in [0.2, 0.25) is 5.88 Å². The zero-order chi connectivity index (χ0) is 19.6. The molecule has 0 spiro atoms. The number of para-hydroxylation sites is 1. The van der Waals surface area contributed by atoms with E-state index in [0.29, 0.717) is 10.4 Å². The fourth-order valence-corrected chi connectivity index (χ4v) is 2.44. The fourth-order valence-electron chi connectivity index (χ4n) is 2.44. The summed E-state index contributed by atoms with van der Waals surface area (Å²) in [6.07, 6.45) is -3.96. The number of carbonyl (C=O) groups is 1. The standard InChI is InChI=1S/C17H14F3N5O2/c1-24(11-6-4-3-5-7-11)16(26)12-10-21-25(15(12)17(18,19)20)13-8-9-14(27-2)23-22-13/h3-10H,1-2H3. The molecule has 0 aliphatic carbocycles. The summed E-state index contributed by atoms with van der Waals surface area (Å²) in [5, 5.41) is 11.0. The van der Waals surface area contributed by atoms with Gasteiger partial charge in [-0.2, -0.15) is 18.3 Å². The van der Waals surface area contributed by atoms with Crippen LogP contribution in [0.15, 0.2) is 48.7 Å². The van der Waals surface area contributed by atoms with Gasteiger partial charge in [0.15, 0.2) is 11.5 Å². The monoisotopic (exact) mass is 377 g/mol. The van der Waals surface area contributed by atoms with Gasteiger partial charge in [0.05, 0.1) is 18.9 Å². The van der Waals surface area contributed by atoms with Crippen LogP contribution in [0.4, 0.5) is 18.9 Å². The number of amides is 1. The van der Waals surface area contributed by atoms with Crippen LogP contribution in [0.5, 0.6) is 5.88 Å². The van der Waals surface area contributed by atoms with E-state index < -0.39 is 23.3 Å². The van der Waals surface area contributed by atoms with Crippen molar-refractivity contribution in [1.29, 1.82) is 0 Å². The van der Waals surface area contributed by atoms with Gasteiger partial charge in [0.25, 0.3) is 5.91 Å². The third-order valence-corrected chi connectivity index (χ3v) is 3.77. The molecule has 3 rings (SSSR count). The van der Waals surface area contributed by atoms with Crippen LogP contribution in [-0.2, 0) is 6.18 Å². The molecule has 1 aromatic carbocycles. The molecule has 0 radical (unpaired) electrons. The summed E-state index contributed by atoms with van der Waals surface area (Å²) < 4.78 is 46.5. The lowest BCUT2D eigenvalue weighted by atomic mass is 10.2. The van der Waals surface area contributed by atoms with Gasteiger partial charge in [0.1, 0.15) is 0 Å². The Labute approximate surface area is 152 Å². The summed E-state index contributed by atoms with van der Waals surface area (Å²) in [7, 11) is 2.75. The summed E-state index contributed by atoms with van der Waals surface area (Å²) in [4.78, 5) is 13.8. The van der Waals surface area contributed by atoms with Gasteiger partial charge in [-0.1, -0.05) is 18.2 Å². The number of rotatable bonds is 4. The first kappa shape index (κ1) is 18.4. The summed E-state index contributed by atoms with van der Waals surface area (Å²) in [6.45, 7) is 0. The quantitative estimate of drug-likeness (QED) is 0.699. The lowest BCUT2D eigenvalue weighted by Gasteiger charge is -2.18. The van der Waals surface area contributed by atoms with E-state index in [1.165, 1.54) is 26.3 Å². The number of benzene rings is 1. The van der Waals surface area contributed by atoms with Crippen molar-refractivity contribution < 1.29 is 22.7 Å². The molecule has 2 heterocycles. The van der Waals surface area contributed by atoms with Gasteiger partial charge in [-0.25, -0.2) is 4.68 Å². The minimum absolute atomic E-state index is 0.138. The summed E-state index contributed by atoms with van der Waals surface area (Å²) in [5.41, 5.74) is -1.37. The molecule has 0 atom stereocenters. The first-order valence-corrected chi connectivity index (χ1v) is 7.69. The van der Waals surface area contributed by atoms with Crippen molar-refractivity contribution in [2.24, 2.45) is 0 Å². The predicted octanol–water partition coefficient (Wildman–Crippen LogP) is 2.97. The van der Waals surface area contributed by atoms with Crippen molar-refractivity contribution in [3.8, 4) is 11.7 Å². The molecule has 0 bridgehead atoms. The molecular formula is C17H14F3N5O2. The summed E-state index contributed by atoms with van der Waals surface area (Å²) in [5.74, 6) is -0.898. The van der Waals surface area contributed by atoms with Crippen molar-refractivity contribution in [3.05, 3.63) is 59.9 Å². The third kappa shape index (κ3) is 3.59. The highest BCUT2D eigenvalue weighted by Crippen LogP contribution is 2.34. The molecule has 10 heteroatoms. The van der Waals surface area contributed by atoms with E-state index in [2.05, 4.69) is 15.3 Å². The highest BCUT2D eigenvalue weighted by atomic mass is 19.4. The first-order chi connectivity index (χ1) is 12.8. The molecule has 0 N–H and O–H groups in total. The molecule has 0 aliphatic rings. The normalized spacial score (nSPS) is 11.3. The maximum Gasteiger partial charge on any atom is 0.434 e. The Bertz CT molecular complexity index is 939. The van der Waals surface area contributed by atoms with Gasteiger partial charge < -0.3 is 9.64 Å². The topological polar surface area (TPSA) is 73.1 Å². The Kier molecular flexibility index (Phi) is 4.80. The number of methoxy groups -OCH3 is 1. The van der Waals surface area contributed by atoms with E-state index in [4.69, 9.17) is 4.74 Å². The van der Waals surface area contributed by atoms with Crippen LogP contribution >= 0.6 is 0 Å². The molecule has 140 valence electrons. The van der Waals surface area contributed by atoms with E-state index in [1.54, 1.807) is 30.3 Å². The maximum absolute atomic E-state index is 13.7. The third-order valence-electron chi connectivity index (χ3n) is 3.77. The van der Waals surface area contributed by atoms with Crippen molar-refractivity contribution in [3.63, 3.8) is 0 Å². The van der Waals surface area contributed by atoms with Gasteiger partial charge in [0, 0.05) is 18.8 Å². The van der Waals surface area contributed by atoms with E-state index in [0.717, 1.165) is 11.1 Å². The van der Waals surface area contributed by atoms with Crippen molar-refractivity contribution in [2.45, 2.75) is 6.18 Å². The predicted molar refractivity (Wildman–Crippen MR) is 89.9 cm³/mol. The molecule has 0 unspecified atom stereocenters. The van der Waals surface area contributed by atoms with Crippen molar-refractivity contribution in [2.75, 3.05) is 19.1 Å². The molecule has 3 aromatic rings. The number of nitrogens with zero attached hydrogens (tertiary/aromatic N) is 5. The lowest BCUT2D eigenvalue weighted by Crippen LogP contribution is -2.29. The van der Waals surface area contributed by atoms with Crippen LogP contribution in [-0.4, -0.2) is 40.0 Å². The van der Waals surface area contributed by atoms with Crippen molar-refractivity contribution in [1.82, 2.24) is 20.0 Å². The Balaban J connectivity index is 2.06. The maximum atomic E-state index is 13.7. The Morgan fingerprint density at radius 1 is 1.11 bits per heavy atom. The van der Waals surface area contributed by atoms with Crippen LogP contribution in [0.3, 0.4) is 0 Å². The van der Waals surface area contributed by atoms with Gasteiger partial charge >= 0.3 is 6.18 Å². The number of halogens is 3. The molecule has 0 fully saturated rings. The minimum atomic E-state index is -4.83. The Morgan fingerprint density at radius 3 is 2.37 bits per heavy atom. The average molecular weight is 377 g/mol. The van der Waals surface area contributed by atoms with Crippen LogP contribution in [0.25, 0.3) is 5.82 Å². The molecule has 27 heavy (non-hydrogen) atoms. The molecule has 0 saturated heterocycles. The number of ether oxygens (including phenoxy) is 1. The Morgan fingerprint density at radius 2 is 1.81 bits per heavy atom. The fraction of sp³-hybridized carbons (Fsp3) is 0.176. The van der Waals surface area contributed by atoms with Gasteiger partial charge in [-0.15, -0.1) is 10.2 Å². The summed E-state index contributed by atoms with van der Waals surface area (Å²) >= 11 is 0. The molecule has 0 aliphatic heterocycles. The number of carbonyl (C=O) groups excluding carboxylic acids is 1. The van der Waals surface area contributed by atoms with Crippen LogP contribution in [0.1, 0.15) is 16.1 Å². The minimum Gasteiger partial charge on any atom is -0.480 e. The van der Waals surface area contributed by atoms with Gasteiger partial charge in [-0.3, -0.25) is 4.79 Å².